The summed E-state index contributed by atoms with van der Waals surface area (Å²) in [6, 6.07) is 2.32. The second-order valence-electron chi connectivity index (χ2n) is 4.44. The fourth-order valence-corrected chi connectivity index (χ4v) is 1.68. The molecule has 1 rings (SSSR count). The van der Waals surface area contributed by atoms with Gasteiger partial charge in [-0.3, -0.25) is 4.98 Å². The number of aromatic nitrogens is 1. The van der Waals surface area contributed by atoms with Crippen molar-refractivity contribution in [2.75, 3.05) is 13.7 Å². The lowest BCUT2D eigenvalue weighted by Crippen LogP contribution is -2.25. The van der Waals surface area contributed by atoms with E-state index in [-0.39, 0.29) is 12.1 Å². The van der Waals surface area contributed by atoms with Gasteiger partial charge in [0.1, 0.15) is 0 Å². The average Bonchev–Trinajstić information content (AvgIpc) is 2.21. The van der Waals surface area contributed by atoms with E-state index >= 15 is 0 Å². The molecule has 0 amide bonds. The summed E-state index contributed by atoms with van der Waals surface area (Å²) in [5, 5.41) is 3.25. The number of hydrogen-bond acceptors (Lipinski definition) is 3. The molecular formula is C13H22N2O. The van der Waals surface area contributed by atoms with Crippen LogP contribution in [0.25, 0.3) is 0 Å². The second kappa shape index (κ2) is 5.97. The topological polar surface area (TPSA) is 34.1 Å². The second-order valence-corrected chi connectivity index (χ2v) is 4.44. The summed E-state index contributed by atoms with van der Waals surface area (Å²) in [7, 11) is 1.94. The molecule has 16 heavy (non-hydrogen) atoms. The van der Waals surface area contributed by atoms with E-state index < -0.39 is 0 Å². The number of ether oxygens (including phenoxy) is 1. The van der Waals surface area contributed by atoms with Gasteiger partial charge in [0.15, 0.2) is 0 Å². The minimum Gasteiger partial charge on any atom is -0.377 e. The summed E-state index contributed by atoms with van der Waals surface area (Å²) in [6.07, 6.45) is 2.16. The van der Waals surface area contributed by atoms with Crippen molar-refractivity contribution in [3.63, 3.8) is 0 Å². The van der Waals surface area contributed by atoms with Crippen LogP contribution < -0.4 is 5.32 Å². The lowest BCUT2D eigenvalue weighted by atomic mass is 10.1. The van der Waals surface area contributed by atoms with Crippen LogP contribution >= 0.6 is 0 Å². The summed E-state index contributed by atoms with van der Waals surface area (Å²) in [5.74, 6) is 0. The summed E-state index contributed by atoms with van der Waals surface area (Å²) in [4.78, 5) is 4.48. The van der Waals surface area contributed by atoms with Gasteiger partial charge < -0.3 is 10.1 Å². The maximum absolute atomic E-state index is 5.63. The number of nitrogens with one attached hydrogen (secondary N) is 1. The van der Waals surface area contributed by atoms with E-state index in [4.69, 9.17) is 4.74 Å². The van der Waals surface area contributed by atoms with Crippen molar-refractivity contribution in [2.24, 2.45) is 0 Å². The first-order chi connectivity index (χ1) is 7.54. The minimum absolute atomic E-state index is 0.169. The number of hydrogen-bond donors (Lipinski definition) is 1. The number of rotatable bonds is 5. The highest BCUT2D eigenvalue weighted by atomic mass is 16.5. The molecule has 1 aromatic rings. The molecule has 0 saturated carbocycles. The van der Waals surface area contributed by atoms with E-state index in [0.29, 0.717) is 6.61 Å². The summed E-state index contributed by atoms with van der Waals surface area (Å²) < 4.78 is 5.63. The normalized spacial score (nSPS) is 13.1. The first-order valence-electron chi connectivity index (χ1n) is 5.76. The Morgan fingerprint density at radius 1 is 1.38 bits per heavy atom. The van der Waals surface area contributed by atoms with E-state index in [2.05, 4.69) is 30.2 Å². The molecule has 1 atom stereocenters. The molecule has 0 spiro atoms. The van der Waals surface area contributed by atoms with Gasteiger partial charge in [0.2, 0.25) is 0 Å². The van der Waals surface area contributed by atoms with Crippen molar-refractivity contribution in [3.05, 3.63) is 29.1 Å². The maximum atomic E-state index is 5.63. The zero-order valence-corrected chi connectivity index (χ0v) is 10.9. The smallest absolute Gasteiger partial charge is 0.0733 e. The zero-order valence-electron chi connectivity index (χ0n) is 10.9. The Balaban J connectivity index is 2.78. The third-order valence-electron chi connectivity index (χ3n) is 2.53. The van der Waals surface area contributed by atoms with Crippen molar-refractivity contribution in [1.82, 2.24) is 10.3 Å². The predicted molar refractivity (Wildman–Crippen MR) is 66.6 cm³/mol. The Labute approximate surface area is 98.2 Å². The molecule has 0 aliphatic heterocycles. The summed E-state index contributed by atoms with van der Waals surface area (Å²) in [6.45, 7) is 8.90. The van der Waals surface area contributed by atoms with Crippen LogP contribution in [0.1, 0.15) is 36.7 Å². The van der Waals surface area contributed by atoms with Gasteiger partial charge in [-0.05, 0) is 45.9 Å². The van der Waals surface area contributed by atoms with Gasteiger partial charge in [-0.2, -0.15) is 0 Å². The molecule has 0 aliphatic rings. The monoisotopic (exact) mass is 222 g/mol. The highest BCUT2D eigenvalue weighted by molar-refractivity contribution is 5.25. The van der Waals surface area contributed by atoms with E-state index in [1.165, 1.54) is 11.1 Å². The van der Waals surface area contributed by atoms with Crippen LogP contribution in [0.2, 0.25) is 0 Å². The molecule has 90 valence electrons. The van der Waals surface area contributed by atoms with Gasteiger partial charge in [0.05, 0.1) is 24.4 Å². The number of aryl methyl sites for hydroxylation is 2. The molecule has 3 nitrogen and oxygen atoms in total. The Hall–Kier alpha value is -0.930. The quantitative estimate of drug-likeness (QED) is 0.830. The molecule has 1 unspecified atom stereocenters. The van der Waals surface area contributed by atoms with Crippen LogP contribution in [0.5, 0.6) is 0 Å². The maximum Gasteiger partial charge on any atom is 0.0733 e. The first-order valence-corrected chi connectivity index (χ1v) is 5.76. The fraction of sp³-hybridized carbons (Fsp3) is 0.615. The fourth-order valence-electron chi connectivity index (χ4n) is 1.68. The Kier molecular flexibility index (Phi) is 4.90. The molecule has 1 N–H and O–H groups in total. The highest BCUT2D eigenvalue weighted by Crippen LogP contribution is 2.16. The van der Waals surface area contributed by atoms with Gasteiger partial charge in [-0.1, -0.05) is 6.07 Å². The van der Waals surface area contributed by atoms with E-state index in [0.717, 1.165) is 5.69 Å². The Morgan fingerprint density at radius 2 is 2.06 bits per heavy atom. The predicted octanol–water partition coefficient (Wildman–Crippen LogP) is 2.38. The van der Waals surface area contributed by atoms with E-state index in [1.807, 2.05) is 27.1 Å². The molecule has 3 heteroatoms. The van der Waals surface area contributed by atoms with Gasteiger partial charge in [-0.15, -0.1) is 0 Å². The molecule has 1 aromatic heterocycles. The molecule has 0 aliphatic carbocycles. The Morgan fingerprint density at radius 3 is 2.56 bits per heavy atom. The van der Waals surface area contributed by atoms with Crippen molar-refractivity contribution in [2.45, 2.75) is 39.8 Å². The zero-order chi connectivity index (χ0) is 12.1. The lowest BCUT2D eigenvalue weighted by molar-refractivity contribution is 0.0617. The third-order valence-corrected chi connectivity index (χ3v) is 2.53. The van der Waals surface area contributed by atoms with Gasteiger partial charge >= 0.3 is 0 Å². The van der Waals surface area contributed by atoms with E-state index in [9.17, 15) is 0 Å². The van der Waals surface area contributed by atoms with Gasteiger partial charge in [0.25, 0.3) is 0 Å². The van der Waals surface area contributed by atoms with Crippen molar-refractivity contribution in [3.8, 4) is 0 Å². The van der Waals surface area contributed by atoms with Crippen LogP contribution in [-0.2, 0) is 4.74 Å². The third kappa shape index (κ3) is 3.58. The van der Waals surface area contributed by atoms with Crippen LogP contribution in [0.4, 0.5) is 0 Å². The molecule has 1 heterocycles. The van der Waals surface area contributed by atoms with Crippen LogP contribution in [0, 0.1) is 13.8 Å². The standard InChI is InChI=1S/C13H22N2O/c1-9(2)16-8-12(14-5)13-11(4)6-10(3)7-15-13/h6-7,9,12,14H,8H2,1-5H3. The highest BCUT2D eigenvalue weighted by Gasteiger charge is 2.14. The molecule has 0 saturated heterocycles. The summed E-state index contributed by atoms with van der Waals surface area (Å²) >= 11 is 0. The lowest BCUT2D eigenvalue weighted by Gasteiger charge is -2.19. The molecule has 0 bridgehead atoms. The number of likely N-dealkylation sites (N-methyl/N-ethyl adjacent to an activating group) is 1. The average molecular weight is 222 g/mol. The summed E-state index contributed by atoms with van der Waals surface area (Å²) in [5.41, 5.74) is 3.49. The van der Waals surface area contributed by atoms with E-state index in [1.54, 1.807) is 0 Å². The molecule has 0 fully saturated rings. The van der Waals surface area contributed by atoms with Crippen LogP contribution in [0.3, 0.4) is 0 Å². The van der Waals surface area contributed by atoms with Crippen LogP contribution in [-0.4, -0.2) is 24.7 Å². The van der Waals surface area contributed by atoms with Crippen molar-refractivity contribution >= 4 is 0 Å². The number of nitrogens with zero attached hydrogens (tertiary/aromatic N) is 1. The van der Waals surface area contributed by atoms with Crippen molar-refractivity contribution < 1.29 is 4.74 Å². The number of pyridine rings is 1. The SMILES string of the molecule is CNC(COC(C)C)c1ncc(C)cc1C. The van der Waals surface area contributed by atoms with Gasteiger partial charge in [0, 0.05) is 6.20 Å². The largest absolute Gasteiger partial charge is 0.377 e. The molecule has 0 aromatic carbocycles. The first kappa shape index (κ1) is 13.1. The Bertz CT molecular complexity index is 337. The minimum atomic E-state index is 0.169. The van der Waals surface area contributed by atoms with Crippen LogP contribution in [0.15, 0.2) is 12.3 Å². The van der Waals surface area contributed by atoms with Gasteiger partial charge in [-0.25, -0.2) is 0 Å². The molecule has 0 radical (unpaired) electrons. The molecular weight excluding hydrogens is 200 g/mol. The van der Waals surface area contributed by atoms with Crippen molar-refractivity contribution in [1.29, 1.82) is 0 Å².